The van der Waals surface area contributed by atoms with E-state index < -0.39 is 0 Å². The predicted octanol–water partition coefficient (Wildman–Crippen LogP) is 3.45. The second-order valence-corrected chi connectivity index (χ2v) is 5.67. The van der Waals surface area contributed by atoms with E-state index >= 15 is 0 Å². The summed E-state index contributed by atoms with van der Waals surface area (Å²) in [6, 6.07) is 14.0. The van der Waals surface area contributed by atoms with Gasteiger partial charge in [-0.3, -0.25) is 9.59 Å². The Bertz CT molecular complexity index is 716. The standard InChI is InChI=1S/C18H19ClN2O3/c1-13(22)20-15-9-7-14(8-10-15)18(23)21(2)11-12-24-17-6-4-3-5-16(17)19/h3-10H,11-12H2,1-2H3,(H,20,22). The van der Waals surface area contributed by atoms with Crippen LogP contribution >= 0.6 is 11.6 Å². The lowest BCUT2D eigenvalue weighted by molar-refractivity contribution is -0.114. The van der Waals surface area contributed by atoms with Crippen LogP contribution in [-0.4, -0.2) is 36.9 Å². The number of hydrogen-bond donors (Lipinski definition) is 1. The Morgan fingerprint density at radius 3 is 2.42 bits per heavy atom. The molecule has 0 aliphatic rings. The summed E-state index contributed by atoms with van der Waals surface area (Å²) in [5, 5.41) is 3.20. The minimum atomic E-state index is -0.150. The fraction of sp³-hybridized carbons (Fsp3) is 0.222. The number of amides is 2. The van der Waals surface area contributed by atoms with Crippen LogP contribution < -0.4 is 10.1 Å². The molecule has 0 spiro atoms. The van der Waals surface area contributed by atoms with Gasteiger partial charge >= 0.3 is 0 Å². The number of para-hydroxylation sites is 1. The van der Waals surface area contributed by atoms with Gasteiger partial charge in [0.2, 0.25) is 5.91 Å². The first-order valence-electron chi connectivity index (χ1n) is 7.48. The molecule has 2 rings (SSSR count). The van der Waals surface area contributed by atoms with Crippen molar-refractivity contribution in [2.24, 2.45) is 0 Å². The number of nitrogens with one attached hydrogen (secondary N) is 1. The number of hydrogen-bond acceptors (Lipinski definition) is 3. The molecule has 6 heteroatoms. The van der Waals surface area contributed by atoms with E-state index in [2.05, 4.69) is 5.32 Å². The lowest BCUT2D eigenvalue weighted by Crippen LogP contribution is -2.30. The van der Waals surface area contributed by atoms with Gasteiger partial charge in [-0.2, -0.15) is 0 Å². The molecule has 1 N–H and O–H groups in total. The van der Waals surface area contributed by atoms with E-state index in [0.717, 1.165) is 0 Å². The van der Waals surface area contributed by atoms with E-state index in [0.29, 0.717) is 35.2 Å². The lowest BCUT2D eigenvalue weighted by atomic mass is 10.2. The second-order valence-electron chi connectivity index (χ2n) is 5.26. The van der Waals surface area contributed by atoms with Gasteiger partial charge in [0.25, 0.3) is 5.91 Å². The molecule has 0 radical (unpaired) electrons. The van der Waals surface area contributed by atoms with Crippen LogP contribution in [0, 0.1) is 0 Å². The molecule has 0 atom stereocenters. The molecule has 2 amide bonds. The van der Waals surface area contributed by atoms with Crippen molar-refractivity contribution in [1.82, 2.24) is 4.90 Å². The largest absolute Gasteiger partial charge is 0.490 e. The molecule has 0 fully saturated rings. The van der Waals surface area contributed by atoms with Gasteiger partial charge in [0.1, 0.15) is 12.4 Å². The molecule has 0 bridgehead atoms. The second kappa shape index (κ2) is 8.36. The summed E-state index contributed by atoms with van der Waals surface area (Å²) in [5.41, 5.74) is 1.20. The first kappa shape index (κ1) is 17.8. The molecular formula is C18H19ClN2O3. The third kappa shape index (κ3) is 4.99. The average Bonchev–Trinajstić information content (AvgIpc) is 2.56. The van der Waals surface area contributed by atoms with Gasteiger partial charge in [-0.15, -0.1) is 0 Å². The van der Waals surface area contributed by atoms with Gasteiger partial charge in [-0.1, -0.05) is 23.7 Å². The number of benzene rings is 2. The molecule has 2 aromatic carbocycles. The molecule has 5 nitrogen and oxygen atoms in total. The Morgan fingerprint density at radius 2 is 1.79 bits per heavy atom. The molecule has 0 aliphatic heterocycles. The highest BCUT2D eigenvalue weighted by Gasteiger charge is 2.12. The van der Waals surface area contributed by atoms with Crippen molar-refractivity contribution in [3.8, 4) is 5.75 Å². The van der Waals surface area contributed by atoms with Crippen molar-refractivity contribution in [3.05, 3.63) is 59.1 Å². The Labute approximate surface area is 146 Å². The lowest BCUT2D eigenvalue weighted by Gasteiger charge is -2.18. The molecule has 0 unspecified atom stereocenters. The summed E-state index contributed by atoms with van der Waals surface area (Å²) in [7, 11) is 1.71. The van der Waals surface area contributed by atoms with Crippen molar-refractivity contribution in [1.29, 1.82) is 0 Å². The van der Waals surface area contributed by atoms with Gasteiger partial charge in [-0.25, -0.2) is 0 Å². The molecule has 0 saturated heterocycles. The Morgan fingerprint density at radius 1 is 1.12 bits per heavy atom. The number of nitrogens with zero attached hydrogens (tertiary/aromatic N) is 1. The van der Waals surface area contributed by atoms with Crippen molar-refractivity contribution in [2.45, 2.75) is 6.92 Å². The summed E-state index contributed by atoms with van der Waals surface area (Å²) >= 11 is 6.01. The molecule has 0 aromatic heterocycles. The summed E-state index contributed by atoms with van der Waals surface area (Å²) < 4.78 is 5.58. The third-order valence-electron chi connectivity index (χ3n) is 3.32. The van der Waals surface area contributed by atoms with Crippen LogP contribution in [0.2, 0.25) is 5.02 Å². The van der Waals surface area contributed by atoms with Crippen LogP contribution in [0.25, 0.3) is 0 Å². The maximum absolute atomic E-state index is 12.3. The molecule has 0 heterocycles. The highest BCUT2D eigenvalue weighted by Crippen LogP contribution is 2.22. The number of rotatable bonds is 6. The fourth-order valence-corrected chi connectivity index (χ4v) is 2.27. The molecule has 24 heavy (non-hydrogen) atoms. The van der Waals surface area contributed by atoms with Crippen LogP contribution in [0.4, 0.5) is 5.69 Å². The van der Waals surface area contributed by atoms with Crippen LogP contribution in [0.1, 0.15) is 17.3 Å². The van der Waals surface area contributed by atoms with Crippen LogP contribution in [0.15, 0.2) is 48.5 Å². The minimum Gasteiger partial charge on any atom is -0.490 e. The van der Waals surface area contributed by atoms with Gasteiger partial charge in [-0.05, 0) is 36.4 Å². The van der Waals surface area contributed by atoms with E-state index in [9.17, 15) is 9.59 Å². The SMILES string of the molecule is CC(=O)Nc1ccc(C(=O)N(C)CCOc2ccccc2Cl)cc1. The summed E-state index contributed by atoms with van der Waals surface area (Å²) in [5.74, 6) is 0.328. The number of anilines is 1. The van der Waals surface area contributed by atoms with E-state index in [1.54, 1.807) is 48.3 Å². The Kier molecular flexibility index (Phi) is 6.21. The molecular weight excluding hydrogens is 328 g/mol. The minimum absolute atomic E-state index is 0.118. The summed E-state index contributed by atoms with van der Waals surface area (Å²) in [6.45, 7) is 2.21. The molecule has 2 aromatic rings. The van der Waals surface area contributed by atoms with Crippen molar-refractivity contribution >= 4 is 29.1 Å². The monoisotopic (exact) mass is 346 g/mol. The molecule has 0 saturated carbocycles. The summed E-state index contributed by atoms with van der Waals surface area (Å²) in [4.78, 5) is 24.9. The zero-order valence-electron chi connectivity index (χ0n) is 13.6. The van der Waals surface area contributed by atoms with Crippen molar-refractivity contribution < 1.29 is 14.3 Å². The first-order chi connectivity index (χ1) is 11.5. The highest BCUT2D eigenvalue weighted by molar-refractivity contribution is 6.32. The van der Waals surface area contributed by atoms with E-state index in [1.165, 1.54) is 6.92 Å². The van der Waals surface area contributed by atoms with Gasteiger partial charge < -0.3 is 15.0 Å². The first-order valence-corrected chi connectivity index (χ1v) is 7.85. The number of ether oxygens (including phenoxy) is 1. The van der Waals surface area contributed by atoms with Crippen molar-refractivity contribution in [2.75, 3.05) is 25.5 Å². The Balaban J connectivity index is 1.87. The molecule has 0 aliphatic carbocycles. The van der Waals surface area contributed by atoms with E-state index in [4.69, 9.17) is 16.3 Å². The topological polar surface area (TPSA) is 58.6 Å². The summed E-state index contributed by atoms with van der Waals surface area (Å²) in [6.07, 6.45) is 0. The van der Waals surface area contributed by atoms with Crippen molar-refractivity contribution in [3.63, 3.8) is 0 Å². The normalized spacial score (nSPS) is 10.1. The maximum atomic E-state index is 12.3. The Hall–Kier alpha value is -2.53. The van der Waals surface area contributed by atoms with Crippen LogP contribution in [0.3, 0.4) is 0 Å². The predicted molar refractivity (Wildman–Crippen MR) is 94.7 cm³/mol. The number of carbonyl (C=O) groups is 2. The number of likely N-dealkylation sites (N-methyl/N-ethyl adjacent to an activating group) is 1. The number of halogens is 1. The quantitative estimate of drug-likeness (QED) is 0.871. The average molecular weight is 347 g/mol. The fourth-order valence-electron chi connectivity index (χ4n) is 2.08. The van der Waals surface area contributed by atoms with E-state index in [1.807, 2.05) is 12.1 Å². The number of carbonyl (C=O) groups excluding carboxylic acids is 2. The van der Waals surface area contributed by atoms with Crippen LogP contribution in [-0.2, 0) is 4.79 Å². The van der Waals surface area contributed by atoms with Gasteiger partial charge in [0.15, 0.2) is 0 Å². The van der Waals surface area contributed by atoms with Gasteiger partial charge in [0.05, 0.1) is 11.6 Å². The maximum Gasteiger partial charge on any atom is 0.253 e. The zero-order valence-corrected chi connectivity index (χ0v) is 14.3. The zero-order chi connectivity index (χ0) is 17.5. The van der Waals surface area contributed by atoms with E-state index in [-0.39, 0.29) is 11.8 Å². The van der Waals surface area contributed by atoms with Crippen LogP contribution in [0.5, 0.6) is 5.75 Å². The third-order valence-corrected chi connectivity index (χ3v) is 3.63. The smallest absolute Gasteiger partial charge is 0.253 e. The van der Waals surface area contributed by atoms with Gasteiger partial charge in [0, 0.05) is 25.2 Å². The highest BCUT2D eigenvalue weighted by atomic mass is 35.5. The molecule has 126 valence electrons.